The minimum atomic E-state index is -0.207. The lowest BCUT2D eigenvalue weighted by atomic mass is 10.1. The molecule has 0 saturated carbocycles. The van der Waals surface area contributed by atoms with Crippen LogP contribution in [0.4, 0.5) is 0 Å². The van der Waals surface area contributed by atoms with Crippen molar-refractivity contribution in [1.82, 2.24) is 0 Å². The van der Waals surface area contributed by atoms with Gasteiger partial charge in [-0.05, 0) is 12.5 Å². The monoisotopic (exact) mass is 210 g/mol. The van der Waals surface area contributed by atoms with Crippen molar-refractivity contribution in [3.05, 3.63) is 18.4 Å². The summed E-state index contributed by atoms with van der Waals surface area (Å²) in [6.45, 7) is 2.17. The summed E-state index contributed by atoms with van der Waals surface area (Å²) in [5.41, 5.74) is 0. The lowest BCUT2D eigenvalue weighted by molar-refractivity contribution is -0.135. The second-order valence-electron chi connectivity index (χ2n) is 3.57. The van der Waals surface area contributed by atoms with Gasteiger partial charge in [-0.25, -0.2) is 0 Å². The molecule has 1 heterocycles. The average Bonchev–Trinajstić information content (AvgIpc) is 2.70. The number of ether oxygens (including phenoxy) is 1. The van der Waals surface area contributed by atoms with Crippen LogP contribution in [0.25, 0.3) is 0 Å². The predicted molar refractivity (Wildman–Crippen MR) is 57.7 cm³/mol. The molecule has 0 aliphatic rings. The van der Waals surface area contributed by atoms with Crippen LogP contribution in [-0.4, -0.2) is 5.97 Å². The summed E-state index contributed by atoms with van der Waals surface area (Å²) in [5, 5.41) is 0. The van der Waals surface area contributed by atoms with Gasteiger partial charge in [0.25, 0.3) is 5.95 Å². The molecule has 0 aliphatic heterocycles. The zero-order valence-corrected chi connectivity index (χ0v) is 9.20. The van der Waals surface area contributed by atoms with Gasteiger partial charge in [-0.15, -0.1) is 0 Å². The molecule has 3 nitrogen and oxygen atoms in total. The lowest BCUT2D eigenvalue weighted by Crippen LogP contribution is -2.06. The summed E-state index contributed by atoms with van der Waals surface area (Å²) in [5.74, 6) is 0.0787. The number of unbranched alkanes of at least 4 members (excludes halogenated alkanes) is 4. The maximum atomic E-state index is 11.3. The van der Waals surface area contributed by atoms with Crippen molar-refractivity contribution in [2.45, 2.75) is 45.4 Å². The first kappa shape index (κ1) is 11.8. The van der Waals surface area contributed by atoms with Crippen LogP contribution in [0.3, 0.4) is 0 Å². The van der Waals surface area contributed by atoms with Crippen LogP contribution >= 0.6 is 0 Å². The Morgan fingerprint density at radius 2 is 2.13 bits per heavy atom. The number of rotatable bonds is 7. The van der Waals surface area contributed by atoms with Gasteiger partial charge in [0.2, 0.25) is 0 Å². The zero-order valence-electron chi connectivity index (χ0n) is 9.20. The van der Waals surface area contributed by atoms with Crippen LogP contribution in [0, 0.1) is 0 Å². The molecule has 0 aliphatic carbocycles. The molecule has 3 heteroatoms. The molecular formula is C12H18O3. The van der Waals surface area contributed by atoms with Gasteiger partial charge in [0.1, 0.15) is 0 Å². The largest absolute Gasteiger partial charge is 0.434 e. The summed E-state index contributed by atoms with van der Waals surface area (Å²) in [6, 6.07) is 3.33. The number of furan rings is 1. The first-order valence-electron chi connectivity index (χ1n) is 5.57. The highest BCUT2D eigenvalue weighted by molar-refractivity contribution is 5.71. The quantitative estimate of drug-likeness (QED) is 0.510. The molecule has 0 spiro atoms. The molecule has 0 radical (unpaired) electrons. The molecular weight excluding hydrogens is 192 g/mol. The Balaban J connectivity index is 2.04. The molecule has 1 rings (SSSR count). The smallest absolute Gasteiger partial charge is 0.313 e. The maximum Gasteiger partial charge on any atom is 0.313 e. The standard InChI is InChI=1S/C12H18O3/c1-2-3-4-5-6-8-11(13)15-12-9-7-10-14-12/h7,9-10H,2-6,8H2,1H3. The number of carbonyl (C=O) groups excluding carboxylic acids is 1. The van der Waals surface area contributed by atoms with Gasteiger partial charge < -0.3 is 9.15 Å². The molecule has 0 unspecified atom stereocenters. The number of hydrogen-bond donors (Lipinski definition) is 0. The minimum absolute atomic E-state index is 0.207. The first-order valence-corrected chi connectivity index (χ1v) is 5.57. The summed E-state index contributed by atoms with van der Waals surface area (Å²) in [6.07, 6.45) is 7.63. The Morgan fingerprint density at radius 1 is 1.33 bits per heavy atom. The van der Waals surface area contributed by atoms with Crippen LogP contribution in [-0.2, 0) is 4.79 Å². The van der Waals surface area contributed by atoms with Crippen LogP contribution in [0.1, 0.15) is 45.4 Å². The van der Waals surface area contributed by atoms with E-state index in [-0.39, 0.29) is 11.9 Å². The normalized spacial score (nSPS) is 10.2. The average molecular weight is 210 g/mol. The van der Waals surface area contributed by atoms with E-state index in [1.807, 2.05) is 0 Å². The number of hydrogen-bond acceptors (Lipinski definition) is 3. The Morgan fingerprint density at radius 3 is 2.80 bits per heavy atom. The molecule has 0 fully saturated rings. The molecule has 0 bridgehead atoms. The van der Waals surface area contributed by atoms with Crippen molar-refractivity contribution >= 4 is 5.97 Å². The topological polar surface area (TPSA) is 39.4 Å². The molecule has 84 valence electrons. The van der Waals surface area contributed by atoms with Crippen molar-refractivity contribution in [1.29, 1.82) is 0 Å². The molecule has 0 amide bonds. The van der Waals surface area contributed by atoms with Gasteiger partial charge in [-0.3, -0.25) is 4.79 Å². The summed E-state index contributed by atoms with van der Waals surface area (Å²) in [7, 11) is 0. The zero-order chi connectivity index (χ0) is 10.9. The number of esters is 1. The van der Waals surface area contributed by atoms with E-state index in [4.69, 9.17) is 9.15 Å². The van der Waals surface area contributed by atoms with Crippen LogP contribution in [0.2, 0.25) is 0 Å². The lowest BCUT2D eigenvalue weighted by Gasteiger charge is -2.00. The maximum absolute atomic E-state index is 11.3. The van der Waals surface area contributed by atoms with Crippen LogP contribution < -0.4 is 4.74 Å². The van der Waals surface area contributed by atoms with Gasteiger partial charge in [-0.1, -0.05) is 32.6 Å². The van der Waals surface area contributed by atoms with E-state index in [2.05, 4.69) is 6.92 Å². The van der Waals surface area contributed by atoms with E-state index in [1.165, 1.54) is 25.5 Å². The Hall–Kier alpha value is -1.25. The van der Waals surface area contributed by atoms with Gasteiger partial charge in [0, 0.05) is 12.5 Å². The summed E-state index contributed by atoms with van der Waals surface area (Å²) in [4.78, 5) is 11.3. The van der Waals surface area contributed by atoms with Crippen molar-refractivity contribution in [2.75, 3.05) is 0 Å². The van der Waals surface area contributed by atoms with Crippen molar-refractivity contribution in [3.63, 3.8) is 0 Å². The fraction of sp³-hybridized carbons (Fsp3) is 0.583. The van der Waals surface area contributed by atoms with E-state index in [0.29, 0.717) is 6.42 Å². The molecule has 0 saturated heterocycles. The SMILES string of the molecule is CCCCCCCC(=O)Oc1ccco1. The molecule has 1 aromatic heterocycles. The Labute approximate surface area is 90.4 Å². The van der Waals surface area contributed by atoms with Gasteiger partial charge in [0.15, 0.2) is 0 Å². The summed E-state index contributed by atoms with van der Waals surface area (Å²) >= 11 is 0. The fourth-order valence-electron chi connectivity index (χ4n) is 1.36. The minimum Gasteiger partial charge on any atom is -0.434 e. The van der Waals surface area contributed by atoms with E-state index >= 15 is 0 Å². The third-order valence-electron chi connectivity index (χ3n) is 2.19. The van der Waals surface area contributed by atoms with Gasteiger partial charge in [-0.2, -0.15) is 0 Å². The molecule has 0 N–H and O–H groups in total. The third-order valence-corrected chi connectivity index (χ3v) is 2.19. The fourth-order valence-corrected chi connectivity index (χ4v) is 1.36. The second kappa shape index (κ2) is 7.10. The molecule has 0 aromatic carbocycles. The highest BCUT2D eigenvalue weighted by atomic mass is 16.6. The van der Waals surface area contributed by atoms with E-state index in [1.54, 1.807) is 12.1 Å². The van der Waals surface area contributed by atoms with Crippen molar-refractivity contribution in [3.8, 4) is 5.95 Å². The van der Waals surface area contributed by atoms with Gasteiger partial charge in [0.05, 0.1) is 6.26 Å². The predicted octanol–water partition coefficient (Wildman–Crippen LogP) is 3.55. The van der Waals surface area contributed by atoms with Crippen molar-refractivity contribution < 1.29 is 13.9 Å². The van der Waals surface area contributed by atoms with Crippen molar-refractivity contribution in [2.24, 2.45) is 0 Å². The van der Waals surface area contributed by atoms with Gasteiger partial charge >= 0.3 is 5.97 Å². The molecule has 15 heavy (non-hydrogen) atoms. The third kappa shape index (κ3) is 5.25. The first-order chi connectivity index (χ1) is 7.33. The molecule has 0 atom stereocenters. The van der Waals surface area contributed by atoms with Crippen LogP contribution in [0.5, 0.6) is 5.95 Å². The molecule has 1 aromatic rings. The van der Waals surface area contributed by atoms with E-state index in [9.17, 15) is 4.79 Å². The van der Waals surface area contributed by atoms with E-state index in [0.717, 1.165) is 12.8 Å². The Bertz CT molecular complexity index is 264. The number of carbonyl (C=O) groups is 1. The Kier molecular flexibility index (Phi) is 5.59. The highest BCUT2D eigenvalue weighted by Gasteiger charge is 2.05. The second-order valence-corrected chi connectivity index (χ2v) is 3.57. The summed E-state index contributed by atoms with van der Waals surface area (Å²) < 4.78 is 9.86. The highest BCUT2D eigenvalue weighted by Crippen LogP contribution is 2.12. The van der Waals surface area contributed by atoms with E-state index < -0.39 is 0 Å². The van der Waals surface area contributed by atoms with Crippen LogP contribution in [0.15, 0.2) is 22.8 Å².